The summed E-state index contributed by atoms with van der Waals surface area (Å²) in [6.45, 7) is 5.82. The second-order valence-corrected chi connectivity index (χ2v) is 3.94. The van der Waals surface area contributed by atoms with Crippen molar-refractivity contribution in [2.45, 2.75) is 32.9 Å². The molecule has 0 radical (unpaired) electrons. The Morgan fingerprint density at radius 2 is 2.00 bits per heavy atom. The van der Waals surface area contributed by atoms with Gasteiger partial charge in [-0.1, -0.05) is 5.92 Å². The highest BCUT2D eigenvalue weighted by atomic mass is 16.5. The molecular weight excluding hydrogens is 220 g/mol. The molecule has 0 bridgehead atoms. The van der Waals surface area contributed by atoms with E-state index in [1.54, 1.807) is 11.8 Å². The number of nitrogens with zero attached hydrogens (tertiary/aromatic N) is 1. The van der Waals surface area contributed by atoms with Crippen LogP contribution in [0.4, 0.5) is 0 Å². The minimum atomic E-state index is -0.428. The number of hydrogen-bond acceptors (Lipinski definition) is 4. The van der Waals surface area contributed by atoms with Crippen LogP contribution in [0, 0.1) is 12.3 Å². The number of methoxy groups -OCH3 is 1. The highest BCUT2D eigenvalue weighted by molar-refractivity contribution is 5.82. The van der Waals surface area contributed by atoms with Crippen molar-refractivity contribution in [1.29, 1.82) is 0 Å². The van der Waals surface area contributed by atoms with Crippen molar-refractivity contribution in [3.8, 4) is 12.3 Å². The summed E-state index contributed by atoms with van der Waals surface area (Å²) in [6, 6.07) is -0.372. The van der Waals surface area contributed by atoms with E-state index in [-0.39, 0.29) is 31.0 Å². The highest BCUT2D eigenvalue weighted by Gasteiger charge is 2.25. The van der Waals surface area contributed by atoms with Gasteiger partial charge in [-0.05, 0) is 20.8 Å². The molecule has 1 N–H and O–H groups in total. The van der Waals surface area contributed by atoms with Crippen molar-refractivity contribution in [1.82, 2.24) is 10.2 Å². The number of amides is 1. The third-order valence-corrected chi connectivity index (χ3v) is 2.44. The number of nitrogens with one attached hydrogen (secondary N) is 1. The minimum absolute atomic E-state index is 0.0562. The zero-order chi connectivity index (χ0) is 13.4. The maximum absolute atomic E-state index is 11.7. The summed E-state index contributed by atoms with van der Waals surface area (Å²) in [5.74, 6) is 1.77. The first-order chi connectivity index (χ1) is 7.93. The molecule has 0 aromatic rings. The first-order valence-corrected chi connectivity index (χ1v) is 5.47. The fourth-order valence-corrected chi connectivity index (χ4v) is 1.42. The molecular formula is C12H20N2O3. The van der Waals surface area contributed by atoms with Crippen molar-refractivity contribution in [2.24, 2.45) is 0 Å². The molecule has 0 aromatic carbocycles. The number of carbonyl (C=O) groups excluding carboxylic acids is 2. The average Bonchev–Trinajstić information content (AvgIpc) is 2.31. The topological polar surface area (TPSA) is 58.6 Å². The van der Waals surface area contributed by atoms with Gasteiger partial charge in [0, 0.05) is 6.04 Å². The molecule has 5 heteroatoms. The second kappa shape index (κ2) is 7.69. The molecule has 0 aliphatic rings. The Morgan fingerprint density at radius 1 is 1.41 bits per heavy atom. The lowest BCUT2D eigenvalue weighted by Gasteiger charge is -2.30. The van der Waals surface area contributed by atoms with E-state index in [1.165, 1.54) is 7.11 Å². The van der Waals surface area contributed by atoms with Crippen LogP contribution in [0.3, 0.4) is 0 Å². The van der Waals surface area contributed by atoms with Crippen LogP contribution in [-0.2, 0) is 14.3 Å². The Kier molecular flexibility index (Phi) is 6.99. The van der Waals surface area contributed by atoms with Crippen LogP contribution in [0.25, 0.3) is 0 Å². The van der Waals surface area contributed by atoms with Crippen molar-refractivity contribution in [3.63, 3.8) is 0 Å². The van der Waals surface area contributed by atoms with Crippen molar-refractivity contribution in [3.05, 3.63) is 0 Å². The summed E-state index contributed by atoms with van der Waals surface area (Å²) in [6.07, 6.45) is 5.06. The Balaban J connectivity index is 4.54. The predicted octanol–water partition coefficient (Wildman–Crippen LogP) is 0.00770. The van der Waals surface area contributed by atoms with Gasteiger partial charge < -0.3 is 10.1 Å². The highest BCUT2D eigenvalue weighted by Crippen LogP contribution is 2.05. The van der Waals surface area contributed by atoms with Gasteiger partial charge in [0.05, 0.1) is 26.2 Å². The van der Waals surface area contributed by atoms with Crippen molar-refractivity contribution in [2.75, 3.05) is 20.2 Å². The fraction of sp³-hybridized carbons (Fsp3) is 0.667. The zero-order valence-electron chi connectivity index (χ0n) is 10.8. The lowest BCUT2D eigenvalue weighted by molar-refractivity contribution is -0.144. The van der Waals surface area contributed by atoms with Gasteiger partial charge in [0.2, 0.25) is 5.91 Å². The molecule has 0 aliphatic heterocycles. The van der Waals surface area contributed by atoms with Gasteiger partial charge in [0.25, 0.3) is 0 Å². The Morgan fingerprint density at radius 3 is 2.41 bits per heavy atom. The van der Waals surface area contributed by atoms with Crippen LogP contribution in [0.2, 0.25) is 0 Å². The minimum Gasteiger partial charge on any atom is -0.468 e. The molecule has 1 atom stereocenters. The Labute approximate surface area is 102 Å². The molecule has 0 aliphatic carbocycles. The van der Waals surface area contributed by atoms with Gasteiger partial charge in [0.15, 0.2) is 0 Å². The number of ether oxygens (including phenoxy) is 1. The monoisotopic (exact) mass is 240 g/mol. The lowest BCUT2D eigenvalue weighted by Crippen LogP contribution is -2.50. The molecule has 0 fully saturated rings. The summed E-state index contributed by atoms with van der Waals surface area (Å²) >= 11 is 0. The molecule has 0 spiro atoms. The molecule has 17 heavy (non-hydrogen) atoms. The average molecular weight is 240 g/mol. The van der Waals surface area contributed by atoms with Gasteiger partial charge in [-0.3, -0.25) is 14.5 Å². The van der Waals surface area contributed by atoms with E-state index < -0.39 is 6.04 Å². The first kappa shape index (κ1) is 15.5. The molecule has 0 rings (SSSR count). The molecule has 1 unspecified atom stereocenters. The normalized spacial score (nSPS) is 12.1. The molecule has 1 amide bonds. The van der Waals surface area contributed by atoms with E-state index in [1.807, 2.05) is 13.8 Å². The van der Waals surface area contributed by atoms with Crippen LogP contribution in [0.1, 0.15) is 20.8 Å². The largest absolute Gasteiger partial charge is 0.468 e. The van der Waals surface area contributed by atoms with Gasteiger partial charge >= 0.3 is 5.97 Å². The van der Waals surface area contributed by atoms with Crippen molar-refractivity contribution >= 4 is 11.9 Å². The van der Waals surface area contributed by atoms with Gasteiger partial charge in [0.1, 0.15) is 0 Å². The predicted molar refractivity (Wildman–Crippen MR) is 65.2 cm³/mol. The lowest BCUT2D eigenvalue weighted by atomic mass is 10.2. The standard InChI is InChI=1S/C12H20N2O3/c1-6-7-13-12(16)10(4)14(9(2)3)8-11(15)17-5/h1,9-10H,7-8H2,2-5H3,(H,13,16). The van der Waals surface area contributed by atoms with E-state index in [9.17, 15) is 9.59 Å². The zero-order valence-corrected chi connectivity index (χ0v) is 10.8. The maximum atomic E-state index is 11.7. The summed E-state index contributed by atoms with van der Waals surface area (Å²) in [5, 5.41) is 2.59. The van der Waals surface area contributed by atoms with E-state index in [0.29, 0.717) is 0 Å². The second-order valence-electron chi connectivity index (χ2n) is 3.94. The quantitative estimate of drug-likeness (QED) is 0.525. The maximum Gasteiger partial charge on any atom is 0.319 e. The molecule has 0 saturated carbocycles. The number of esters is 1. The number of terminal acetylenes is 1. The third-order valence-electron chi connectivity index (χ3n) is 2.44. The van der Waals surface area contributed by atoms with Crippen LogP contribution >= 0.6 is 0 Å². The summed E-state index contributed by atoms with van der Waals surface area (Å²) in [7, 11) is 1.32. The smallest absolute Gasteiger partial charge is 0.319 e. The van der Waals surface area contributed by atoms with Gasteiger partial charge in [-0.25, -0.2) is 0 Å². The van der Waals surface area contributed by atoms with Gasteiger partial charge in [-0.15, -0.1) is 6.42 Å². The van der Waals surface area contributed by atoms with E-state index in [4.69, 9.17) is 6.42 Å². The summed E-state index contributed by atoms with van der Waals surface area (Å²) in [5.41, 5.74) is 0. The summed E-state index contributed by atoms with van der Waals surface area (Å²) in [4.78, 5) is 24.7. The Hall–Kier alpha value is -1.54. The van der Waals surface area contributed by atoms with Crippen LogP contribution in [-0.4, -0.2) is 49.1 Å². The van der Waals surface area contributed by atoms with Gasteiger partial charge in [-0.2, -0.15) is 0 Å². The SMILES string of the molecule is C#CCNC(=O)C(C)N(CC(=O)OC)C(C)C. The van der Waals surface area contributed by atoms with E-state index in [0.717, 1.165) is 0 Å². The number of hydrogen-bond donors (Lipinski definition) is 1. The van der Waals surface area contributed by atoms with E-state index >= 15 is 0 Å². The molecule has 0 aromatic heterocycles. The van der Waals surface area contributed by atoms with Crippen LogP contribution < -0.4 is 5.32 Å². The first-order valence-electron chi connectivity index (χ1n) is 5.47. The molecule has 0 saturated heterocycles. The molecule has 5 nitrogen and oxygen atoms in total. The summed E-state index contributed by atoms with van der Waals surface area (Å²) < 4.78 is 4.60. The fourth-order valence-electron chi connectivity index (χ4n) is 1.42. The van der Waals surface area contributed by atoms with E-state index in [2.05, 4.69) is 16.0 Å². The van der Waals surface area contributed by atoms with Crippen LogP contribution in [0.15, 0.2) is 0 Å². The molecule has 0 heterocycles. The van der Waals surface area contributed by atoms with Crippen molar-refractivity contribution < 1.29 is 14.3 Å². The third kappa shape index (κ3) is 5.36. The van der Waals surface area contributed by atoms with Crippen LogP contribution in [0.5, 0.6) is 0 Å². The number of carbonyl (C=O) groups is 2. The number of rotatable bonds is 6. The Bertz CT molecular complexity index is 307. The molecule has 96 valence electrons.